The largest absolute Gasteiger partial charge is 0.354 e. The van der Waals surface area contributed by atoms with Gasteiger partial charge < -0.3 is 14.5 Å². The maximum absolute atomic E-state index is 11.8. The number of aryl methyl sites for hydroxylation is 1. The van der Waals surface area contributed by atoms with E-state index >= 15 is 0 Å². The minimum absolute atomic E-state index is 0.246. The molecule has 8 nitrogen and oxygen atoms in total. The van der Waals surface area contributed by atoms with Crippen LogP contribution in [0.15, 0.2) is 15.8 Å². The number of nitrogens with zero attached hydrogens (tertiary/aromatic N) is 1. The molecule has 118 valence electrons. The molecule has 0 radical (unpaired) electrons. The predicted octanol–water partition coefficient (Wildman–Crippen LogP) is 0.336. The van der Waals surface area contributed by atoms with E-state index in [9.17, 15) is 14.2 Å². The van der Waals surface area contributed by atoms with Gasteiger partial charge in [0.25, 0.3) is 5.56 Å². The van der Waals surface area contributed by atoms with Crippen LogP contribution in [-0.4, -0.2) is 31.6 Å². The highest BCUT2D eigenvalue weighted by molar-refractivity contribution is 7.51. The van der Waals surface area contributed by atoms with E-state index in [-0.39, 0.29) is 18.2 Å². The van der Waals surface area contributed by atoms with E-state index in [4.69, 9.17) is 14.5 Å². The van der Waals surface area contributed by atoms with Crippen LogP contribution in [0.3, 0.4) is 0 Å². The second-order valence-electron chi connectivity index (χ2n) is 5.51. The Morgan fingerprint density at radius 2 is 2.14 bits per heavy atom. The zero-order valence-electron chi connectivity index (χ0n) is 11.9. The molecule has 0 aliphatic carbocycles. The Morgan fingerprint density at radius 1 is 1.48 bits per heavy atom. The Kier molecular flexibility index (Phi) is 4.53. The number of rotatable bonds is 4. The molecule has 0 saturated carbocycles. The van der Waals surface area contributed by atoms with Crippen LogP contribution in [0.25, 0.3) is 0 Å². The van der Waals surface area contributed by atoms with Crippen molar-refractivity contribution < 1.29 is 19.1 Å². The van der Waals surface area contributed by atoms with Gasteiger partial charge in [-0.05, 0) is 25.7 Å². The number of hydrogen-bond acceptors (Lipinski definition) is 4. The van der Waals surface area contributed by atoms with Gasteiger partial charge in [-0.2, -0.15) is 0 Å². The van der Waals surface area contributed by atoms with Crippen LogP contribution in [0.1, 0.15) is 31.6 Å². The van der Waals surface area contributed by atoms with Gasteiger partial charge in [0.1, 0.15) is 6.23 Å². The van der Waals surface area contributed by atoms with Crippen LogP contribution in [0.5, 0.6) is 0 Å². The van der Waals surface area contributed by atoms with Crippen LogP contribution < -0.4 is 11.2 Å². The third-order valence-electron chi connectivity index (χ3n) is 3.65. The molecule has 1 aromatic heterocycles. The van der Waals surface area contributed by atoms with Crippen LogP contribution in [0.2, 0.25) is 0 Å². The molecule has 1 fully saturated rings. The Hall–Kier alpha value is -1.21. The molecule has 1 saturated heterocycles. The number of ether oxygens (including phenoxy) is 1. The molecule has 0 unspecified atom stereocenters. The van der Waals surface area contributed by atoms with Gasteiger partial charge in [-0.3, -0.25) is 18.9 Å². The highest BCUT2D eigenvalue weighted by atomic mass is 31.2. The molecule has 3 atom stereocenters. The summed E-state index contributed by atoms with van der Waals surface area (Å²) in [6, 6.07) is 0. The number of aromatic amines is 1. The van der Waals surface area contributed by atoms with Crippen molar-refractivity contribution in [3.8, 4) is 0 Å². The van der Waals surface area contributed by atoms with Gasteiger partial charge in [-0.1, -0.05) is 6.92 Å². The van der Waals surface area contributed by atoms with Crippen molar-refractivity contribution in [3.63, 3.8) is 0 Å². The maximum Gasteiger partial charge on any atom is 0.330 e. The van der Waals surface area contributed by atoms with Gasteiger partial charge in [-0.25, -0.2) is 4.79 Å². The van der Waals surface area contributed by atoms with E-state index in [1.807, 2.05) is 0 Å². The molecule has 0 spiro atoms. The Bertz CT molecular complexity index is 675. The van der Waals surface area contributed by atoms with Crippen molar-refractivity contribution in [2.45, 2.75) is 39.0 Å². The van der Waals surface area contributed by atoms with Gasteiger partial charge >= 0.3 is 13.3 Å². The molecular formula is C12H19N2O6P. The third-order valence-corrected chi connectivity index (χ3v) is 4.70. The Morgan fingerprint density at radius 3 is 2.76 bits per heavy atom. The summed E-state index contributed by atoms with van der Waals surface area (Å²) in [5.41, 5.74) is -0.565. The predicted molar refractivity (Wildman–Crippen MR) is 75.3 cm³/mol. The topological polar surface area (TPSA) is 122 Å². The normalized spacial score (nSPS) is 24.2. The first-order chi connectivity index (χ1) is 9.67. The zero-order valence-corrected chi connectivity index (χ0v) is 12.7. The van der Waals surface area contributed by atoms with Crippen molar-refractivity contribution >= 4 is 7.60 Å². The lowest BCUT2D eigenvalue weighted by Crippen LogP contribution is -2.33. The minimum atomic E-state index is -4.09. The summed E-state index contributed by atoms with van der Waals surface area (Å²) >= 11 is 0. The fraction of sp³-hybridized carbons (Fsp3) is 0.667. The summed E-state index contributed by atoms with van der Waals surface area (Å²) < 4.78 is 18.1. The molecule has 0 amide bonds. The molecule has 3 N–H and O–H groups in total. The summed E-state index contributed by atoms with van der Waals surface area (Å²) in [6.45, 7) is 3.31. The summed E-state index contributed by atoms with van der Waals surface area (Å²) in [7, 11) is -4.09. The molecule has 21 heavy (non-hydrogen) atoms. The van der Waals surface area contributed by atoms with Crippen molar-refractivity contribution in [2.24, 2.45) is 5.92 Å². The van der Waals surface area contributed by atoms with E-state index in [0.29, 0.717) is 18.4 Å². The first-order valence-electron chi connectivity index (χ1n) is 6.69. The second kappa shape index (κ2) is 5.88. The number of nitrogens with one attached hydrogen (secondary N) is 1. The van der Waals surface area contributed by atoms with Crippen LogP contribution in [0, 0.1) is 12.8 Å². The highest BCUT2D eigenvalue weighted by Crippen LogP contribution is 2.41. The first-order valence-corrected chi connectivity index (χ1v) is 8.49. The smallest absolute Gasteiger partial charge is 0.330 e. The van der Waals surface area contributed by atoms with Crippen molar-refractivity contribution in [1.82, 2.24) is 9.55 Å². The summed E-state index contributed by atoms with van der Waals surface area (Å²) in [5.74, 6) is -0.310. The van der Waals surface area contributed by atoms with Crippen LogP contribution >= 0.6 is 7.60 Å². The number of H-pyrrole nitrogens is 1. The maximum atomic E-state index is 11.8. The van der Waals surface area contributed by atoms with E-state index < -0.39 is 25.1 Å². The molecule has 2 rings (SSSR count). The Balaban J connectivity index is 2.13. The van der Waals surface area contributed by atoms with E-state index in [0.717, 1.165) is 0 Å². The van der Waals surface area contributed by atoms with Gasteiger partial charge in [0.15, 0.2) is 0 Å². The number of hydrogen-bond donors (Lipinski definition) is 3. The SMILES string of the molecule is Cc1cn([C@H]2CC[C@@H]([C@H](C)CP(=O)(O)O)O2)c(=O)[nH]c1=O. The highest BCUT2D eigenvalue weighted by Gasteiger charge is 2.33. The first kappa shape index (κ1) is 16.2. The lowest BCUT2D eigenvalue weighted by Gasteiger charge is -2.21. The second-order valence-corrected chi connectivity index (χ2v) is 7.20. The van der Waals surface area contributed by atoms with E-state index in [1.54, 1.807) is 13.8 Å². The van der Waals surface area contributed by atoms with Gasteiger partial charge in [0.05, 0.1) is 12.3 Å². The van der Waals surface area contributed by atoms with Crippen molar-refractivity contribution in [2.75, 3.05) is 6.16 Å². The third kappa shape index (κ3) is 3.91. The van der Waals surface area contributed by atoms with Crippen molar-refractivity contribution in [3.05, 3.63) is 32.6 Å². The quantitative estimate of drug-likeness (QED) is 0.688. The average molecular weight is 318 g/mol. The summed E-state index contributed by atoms with van der Waals surface area (Å²) in [5, 5.41) is 0. The van der Waals surface area contributed by atoms with Crippen LogP contribution in [-0.2, 0) is 9.30 Å². The summed E-state index contributed by atoms with van der Waals surface area (Å²) in [4.78, 5) is 43.3. The van der Waals surface area contributed by atoms with Gasteiger partial charge in [0, 0.05) is 11.8 Å². The molecule has 1 aliphatic heterocycles. The monoisotopic (exact) mass is 318 g/mol. The standard InChI is InChI=1S/C12H19N2O6P/c1-7-5-14(12(16)13-11(7)15)10-4-3-9(20-10)8(2)6-21(17,18)19/h5,8-10H,3-4,6H2,1-2H3,(H,13,15,16)(H2,17,18,19)/t8-,9+,10-/m1/s1. The average Bonchev–Trinajstić information content (AvgIpc) is 2.81. The fourth-order valence-electron chi connectivity index (χ4n) is 2.56. The van der Waals surface area contributed by atoms with E-state index in [2.05, 4.69) is 4.98 Å². The lowest BCUT2D eigenvalue weighted by molar-refractivity contribution is -0.0210. The summed E-state index contributed by atoms with van der Waals surface area (Å²) in [6.07, 6.45) is 1.53. The number of aromatic nitrogens is 2. The van der Waals surface area contributed by atoms with Crippen molar-refractivity contribution in [1.29, 1.82) is 0 Å². The minimum Gasteiger partial charge on any atom is -0.354 e. The molecule has 9 heteroatoms. The Labute approximate surface area is 120 Å². The lowest BCUT2D eigenvalue weighted by atomic mass is 10.0. The van der Waals surface area contributed by atoms with Crippen LogP contribution in [0.4, 0.5) is 0 Å². The van der Waals surface area contributed by atoms with Gasteiger partial charge in [-0.15, -0.1) is 0 Å². The zero-order chi connectivity index (χ0) is 15.8. The molecule has 1 aliphatic rings. The van der Waals surface area contributed by atoms with E-state index in [1.165, 1.54) is 10.8 Å². The molecular weight excluding hydrogens is 299 g/mol. The fourth-order valence-corrected chi connectivity index (χ4v) is 3.55. The molecule has 0 aromatic carbocycles. The molecule has 1 aromatic rings. The molecule has 2 heterocycles. The van der Waals surface area contributed by atoms with Gasteiger partial charge in [0.2, 0.25) is 0 Å². The molecule has 0 bridgehead atoms.